The van der Waals surface area contributed by atoms with E-state index in [4.69, 9.17) is 4.55 Å². The van der Waals surface area contributed by atoms with Gasteiger partial charge in [0.2, 0.25) is 0 Å². The average Bonchev–Trinajstić information content (AvgIpc) is 2.05. The molecule has 82 valence electrons. The van der Waals surface area contributed by atoms with Crippen molar-refractivity contribution in [1.29, 1.82) is 0 Å². The summed E-state index contributed by atoms with van der Waals surface area (Å²) in [7, 11) is -4.33. The molecule has 0 unspecified atom stereocenters. The van der Waals surface area contributed by atoms with Crippen molar-refractivity contribution < 1.29 is 22.2 Å². The van der Waals surface area contributed by atoms with E-state index in [1.165, 1.54) is 18.2 Å². The minimum atomic E-state index is -4.33. The van der Waals surface area contributed by atoms with E-state index in [2.05, 4.69) is 0 Å². The van der Waals surface area contributed by atoms with Crippen molar-refractivity contribution in [3.05, 3.63) is 35.6 Å². The third kappa shape index (κ3) is 4.18. The first-order valence-corrected chi connectivity index (χ1v) is 5.69. The number of Topliss-reactive ketones (excluding diaryl/α,β-unsaturated/α-hetero) is 1. The lowest BCUT2D eigenvalue weighted by molar-refractivity contribution is -0.116. The fourth-order valence-corrected chi connectivity index (χ4v) is 1.62. The van der Waals surface area contributed by atoms with Gasteiger partial charge in [0, 0.05) is 6.42 Å². The molecule has 0 aliphatic rings. The third-order valence-electron chi connectivity index (χ3n) is 1.69. The highest BCUT2D eigenvalue weighted by Gasteiger charge is 2.14. The summed E-state index contributed by atoms with van der Waals surface area (Å²) in [6, 6.07) is 5.57. The van der Waals surface area contributed by atoms with Crippen molar-refractivity contribution in [2.24, 2.45) is 0 Å². The molecule has 0 amide bonds. The maximum Gasteiger partial charge on any atom is 0.272 e. The van der Waals surface area contributed by atoms with Crippen molar-refractivity contribution in [1.82, 2.24) is 0 Å². The lowest BCUT2D eigenvalue weighted by Gasteiger charge is -2.00. The van der Waals surface area contributed by atoms with E-state index in [0.29, 0.717) is 0 Å². The molecule has 0 heterocycles. The fraction of sp³-hybridized carbons (Fsp3) is 0.222. The van der Waals surface area contributed by atoms with E-state index in [1.807, 2.05) is 0 Å². The van der Waals surface area contributed by atoms with Crippen LogP contribution in [0.4, 0.5) is 4.39 Å². The van der Waals surface area contributed by atoms with Gasteiger partial charge in [0.1, 0.15) is 11.6 Å². The number of halogens is 1. The Morgan fingerprint density at radius 1 is 1.33 bits per heavy atom. The number of ketones is 1. The van der Waals surface area contributed by atoms with Crippen LogP contribution in [0, 0.1) is 5.82 Å². The van der Waals surface area contributed by atoms with E-state index < -0.39 is 27.5 Å². The first-order chi connectivity index (χ1) is 6.88. The quantitative estimate of drug-likeness (QED) is 0.780. The Labute approximate surface area is 86.5 Å². The van der Waals surface area contributed by atoms with Crippen molar-refractivity contribution in [3.8, 4) is 0 Å². The van der Waals surface area contributed by atoms with Gasteiger partial charge in [0.15, 0.2) is 5.78 Å². The molecule has 0 radical (unpaired) electrons. The molecule has 0 aromatic heterocycles. The minimum Gasteiger partial charge on any atom is -0.298 e. The number of hydrogen-bond acceptors (Lipinski definition) is 3. The Hall–Kier alpha value is -1.27. The Morgan fingerprint density at radius 3 is 2.47 bits per heavy atom. The second-order valence-electron chi connectivity index (χ2n) is 3.03. The Morgan fingerprint density at radius 2 is 1.93 bits per heavy atom. The van der Waals surface area contributed by atoms with Gasteiger partial charge in [0.25, 0.3) is 10.1 Å². The molecule has 0 fully saturated rings. The lowest BCUT2D eigenvalue weighted by atomic mass is 10.1. The van der Waals surface area contributed by atoms with E-state index in [9.17, 15) is 17.6 Å². The van der Waals surface area contributed by atoms with Crippen LogP contribution >= 0.6 is 0 Å². The molecule has 1 rings (SSSR count). The largest absolute Gasteiger partial charge is 0.298 e. The van der Waals surface area contributed by atoms with Crippen molar-refractivity contribution >= 4 is 15.9 Å². The monoisotopic (exact) mass is 232 g/mol. The first kappa shape index (κ1) is 11.8. The van der Waals surface area contributed by atoms with Crippen LogP contribution in [0.2, 0.25) is 0 Å². The zero-order chi connectivity index (χ0) is 11.5. The summed E-state index contributed by atoms with van der Waals surface area (Å²) in [5, 5.41) is 0. The zero-order valence-electron chi connectivity index (χ0n) is 7.68. The molecule has 1 aromatic rings. The van der Waals surface area contributed by atoms with Gasteiger partial charge < -0.3 is 0 Å². The minimum absolute atomic E-state index is 0.117. The smallest absolute Gasteiger partial charge is 0.272 e. The molecule has 6 heteroatoms. The van der Waals surface area contributed by atoms with Crippen LogP contribution in [0.15, 0.2) is 24.3 Å². The molecular formula is C9H9FO4S. The summed E-state index contributed by atoms with van der Waals surface area (Å²) in [5.74, 6) is -2.30. The van der Waals surface area contributed by atoms with Crippen molar-refractivity contribution in [2.75, 3.05) is 5.75 Å². The van der Waals surface area contributed by atoms with Crippen LogP contribution in [-0.2, 0) is 21.3 Å². The highest BCUT2D eigenvalue weighted by atomic mass is 32.2. The van der Waals surface area contributed by atoms with E-state index in [1.54, 1.807) is 6.07 Å². The summed E-state index contributed by atoms with van der Waals surface area (Å²) in [6.07, 6.45) is -0.341. The zero-order valence-corrected chi connectivity index (χ0v) is 8.50. The molecule has 0 aliphatic heterocycles. The molecule has 0 bridgehead atoms. The molecule has 0 atom stereocenters. The Kier molecular flexibility index (Phi) is 3.54. The van der Waals surface area contributed by atoms with Gasteiger partial charge in [-0.25, -0.2) is 4.39 Å². The highest BCUT2D eigenvalue weighted by molar-refractivity contribution is 7.86. The van der Waals surface area contributed by atoms with Crippen LogP contribution in [0.3, 0.4) is 0 Å². The van der Waals surface area contributed by atoms with Gasteiger partial charge >= 0.3 is 0 Å². The molecule has 15 heavy (non-hydrogen) atoms. The van der Waals surface area contributed by atoms with Crippen LogP contribution in [0.5, 0.6) is 0 Å². The van der Waals surface area contributed by atoms with Gasteiger partial charge in [-0.3, -0.25) is 9.35 Å². The van der Waals surface area contributed by atoms with Crippen LogP contribution in [0.1, 0.15) is 5.56 Å². The van der Waals surface area contributed by atoms with Crippen LogP contribution in [0.25, 0.3) is 0 Å². The van der Waals surface area contributed by atoms with Crippen molar-refractivity contribution in [3.63, 3.8) is 0 Å². The Balaban J connectivity index is 2.72. The summed E-state index contributed by atoms with van der Waals surface area (Å²) < 4.78 is 42.1. The predicted molar refractivity (Wildman–Crippen MR) is 51.5 cm³/mol. The SMILES string of the molecule is O=C(Cc1ccccc1F)CS(=O)(=O)O. The molecule has 0 saturated heterocycles. The topological polar surface area (TPSA) is 71.4 Å². The molecular weight excluding hydrogens is 223 g/mol. The molecule has 0 saturated carbocycles. The molecule has 4 nitrogen and oxygen atoms in total. The van der Waals surface area contributed by atoms with Gasteiger partial charge in [-0.1, -0.05) is 18.2 Å². The second kappa shape index (κ2) is 4.50. The van der Waals surface area contributed by atoms with Gasteiger partial charge in [-0.2, -0.15) is 8.42 Å². The summed E-state index contributed by atoms with van der Waals surface area (Å²) >= 11 is 0. The summed E-state index contributed by atoms with van der Waals surface area (Å²) in [5.41, 5.74) is 0.117. The predicted octanol–water partition coefficient (Wildman–Crippen LogP) is 0.825. The molecule has 1 N–H and O–H groups in total. The van der Waals surface area contributed by atoms with Gasteiger partial charge in [0.05, 0.1) is 0 Å². The van der Waals surface area contributed by atoms with E-state index in [-0.39, 0.29) is 12.0 Å². The third-order valence-corrected chi connectivity index (χ3v) is 2.38. The summed E-state index contributed by atoms with van der Waals surface area (Å²) in [6.45, 7) is 0. The molecule has 1 aromatic carbocycles. The van der Waals surface area contributed by atoms with E-state index in [0.717, 1.165) is 0 Å². The lowest BCUT2D eigenvalue weighted by Crippen LogP contribution is -2.17. The van der Waals surface area contributed by atoms with Crippen LogP contribution in [-0.4, -0.2) is 24.5 Å². The number of carbonyl (C=O) groups excluding carboxylic acids is 1. The highest BCUT2D eigenvalue weighted by Crippen LogP contribution is 2.07. The standard InChI is InChI=1S/C9H9FO4S/c10-9-4-2-1-3-7(9)5-8(11)6-15(12,13)14/h1-4H,5-6H2,(H,12,13,14). The number of benzene rings is 1. The van der Waals surface area contributed by atoms with E-state index >= 15 is 0 Å². The molecule has 0 aliphatic carbocycles. The first-order valence-electron chi connectivity index (χ1n) is 4.09. The number of hydrogen-bond donors (Lipinski definition) is 1. The molecule has 0 spiro atoms. The maximum atomic E-state index is 13.0. The summed E-state index contributed by atoms with van der Waals surface area (Å²) in [4.78, 5) is 11.1. The Bertz CT molecular complexity index is 467. The maximum absolute atomic E-state index is 13.0. The normalized spacial score (nSPS) is 11.3. The number of rotatable bonds is 4. The number of carbonyl (C=O) groups is 1. The average molecular weight is 232 g/mol. The van der Waals surface area contributed by atoms with Gasteiger partial charge in [-0.15, -0.1) is 0 Å². The van der Waals surface area contributed by atoms with Crippen LogP contribution < -0.4 is 0 Å². The second-order valence-corrected chi connectivity index (χ2v) is 4.49. The van der Waals surface area contributed by atoms with Gasteiger partial charge in [-0.05, 0) is 11.6 Å². The van der Waals surface area contributed by atoms with Crippen molar-refractivity contribution in [2.45, 2.75) is 6.42 Å². The fourth-order valence-electron chi connectivity index (χ4n) is 1.11.